The molecule has 0 heterocycles. The minimum atomic E-state index is 0.412. The standard InChI is InChI=1S/C12H22N2/c1-3-11(7-8-13)14-12-6-4-5-10(2)9-12/h10-12,14H,3-7,9H2,1-2H3. The number of nitrogens with one attached hydrogen (secondary N) is 1. The fraction of sp³-hybridized carbons (Fsp3) is 0.917. The van der Waals surface area contributed by atoms with Gasteiger partial charge in [-0.2, -0.15) is 5.26 Å². The van der Waals surface area contributed by atoms with E-state index in [0.29, 0.717) is 18.5 Å². The third-order valence-corrected chi connectivity index (χ3v) is 3.24. The number of hydrogen-bond donors (Lipinski definition) is 1. The van der Waals surface area contributed by atoms with Crippen LogP contribution in [0.2, 0.25) is 0 Å². The molecule has 1 rings (SSSR count). The molecule has 1 fully saturated rings. The number of hydrogen-bond acceptors (Lipinski definition) is 2. The van der Waals surface area contributed by atoms with Crippen molar-refractivity contribution in [2.24, 2.45) is 5.92 Å². The van der Waals surface area contributed by atoms with Gasteiger partial charge in [0.15, 0.2) is 0 Å². The molecule has 0 bridgehead atoms. The zero-order chi connectivity index (χ0) is 10.4. The summed E-state index contributed by atoms with van der Waals surface area (Å²) < 4.78 is 0. The van der Waals surface area contributed by atoms with E-state index in [1.165, 1.54) is 25.7 Å². The quantitative estimate of drug-likeness (QED) is 0.747. The van der Waals surface area contributed by atoms with Crippen LogP contribution in [0.15, 0.2) is 0 Å². The van der Waals surface area contributed by atoms with E-state index in [1.807, 2.05) is 0 Å². The summed E-state index contributed by atoms with van der Waals surface area (Å²) in [5.41, 5.74) is 0. The first kappa shape index (κ1) is 11.5. The molecule has 1 N–H and O–H groups in total. The molecule has 0 aromatic heterocycles. The van der Waals surface area contributed by atoms with Gasteiger partial charge in [0.1, 0.15) is 0 Å². The lowest BCUT2D eigenvalue weighted by Crippen LogP contribution is -2.40. The normalized spacial score (nSPS) is 29.5. The largest absolute Gasteiger partial charge is 0.310 e. The topological polar surface area (TPSA) is 35.8 Å². The average molecular weight is 194 g/mol. The molecule has 0 spiro atoms. The summed E-state index contributed by atoms with van der Waals surface area (Å²) >= 11 is 0. The van der Waals surface area contributed by atoms with Crippen LogP contribution in [0.25, 0.3) is 0 Å². The van der Waals surface area contributed by atoms with Crippen molar-refractivity contribution in [2.45, 2.75) is 64.5 Å². The first-order valence-electron chi connectivity index (χ1n) is 5.89. The molecule has 1 aliphatic carbocycles. The van der Waals surface area contributed by atoms with Crippen LogP contribution in [-0.4, -0.2) is 12.1 Å². The van der Waals surface area contributed by atoms with E-state index >= 15 is 0 Å². The highest BCUT2D eigenvalue weighted by atomic mass is 14.9. The van der Waals surface area contributed by atoms with Crippen LogP contribution >= 0.6 is 0 Å². The van der Waals surface area contributed by atoms with Crippen molar-refractivity contribution in [1.82, 2.24) is 5.32 Å². The van der Waals surface area contributed by atoms with Crippen molar-refractivity contribution in [3.8, 4) is 6.07 Å². The molecule has 0 aliphatic heterocycles. The lowest BCUT2D eigenvalue weighted by atomic mass is 9.86. The Kier molecular flexibility index (Phi) is 4.97. The van der Waals surface area contributed by atoms with Crippen molar-refractivity contribution >= 4 is 0 Å². The Hall–Kier alpha value is -0.550. The predicted molar refractivity (Wildman–Crippen MR) is 58.9 cm³/mol. The zero-order valence-corrected chi connectivity index (χ0v) is 9.42. The maximum absolute atomic E-state index is 8.66. The lowest BCUT2D eigenvalue weighted by molar-refractivity contribution is 0.278. The van der Waals surface area contributed by atoms with Crippen LogP contribution in [0, 0.1) is 17.2 Å². The molecule has 3 unspecified atom stereocenters. The van der Waals surface area contributed by atoms with Crippen LogP contribution < -0.4 is 5.32 Å². The summed E-state index contributed by atoms with van der Waals surface area (Å²) in [6.07, 6.45) is 7.04. The third kappa shape index (κ3) is 3.67. The molecular weight excluding hydrogens is 172 g/mol. The van der Waals surface area contributed by atoms with Gasteiger partial charge in [0.05, 0.1) is 12.5 Å². The summed E-state index contributed by atoms with van der Waals surface area (Å²) in [5.74, 6) is 0.862. The molecule has 0 radical (unpaired) electrons. The first-order chi connectivity index (χ1) is 6.76. The molecule has 14 heavy (non-hydrogen) atoms. The SMILES string of the molecule is CCC(CC#N)NC1CCCC(C)C1. The fourth-order valence-electron chi connectivity index (χ4n) is 2.35. The minimum absolute atomic E-state index is 0.412. The monoisotopic (exact) mass is 194 g/mol. The summed E-state index contributed by atoms with van der Waals surface area (Å²) in [6.45, 7) is 4.49. The molecular formula is C12H22N2. The van der Waals surface area contributed by atoms with Crippen LogP contribution in [0.3, 0.4) is 0 Å². The highest BCUT2D eigenvalue weighted by Gasteiger charge is 2.20. The smallest absolute Gasteiger partial charge is 0.0638 e. The van der Waals surface area contributed by atoms with E-state index in [9.17, 15) is 0 Å². The van der Waals surface area contributed by atoms with Gasteiger partial charge in [0.2, 0.25) is 0 Å². The molecule has 80 valence electrons. The maximum Gasteiger partial charge on any atom is 0.0638 e. The molecule has 3 atom stereocenters. The van der Waals surface area contributed by atoms with Crippen LogP contribution in [0.4, 0.5) is 0 Å². The third-order valence-electron chi connectivity index (χ3n) is 3.24. The van der Waals surface area contributed by atoms with Crippen molar-refractivity contribution in [3.05, 3.63) is 0 Å². The van der Waals surface area contributed by atoms with Crippen molar-refractivity contribution in [1.29, 1.82) is 5.26 Å². The Bertz CT molecular complexity index is 195. The van der Waals surface area contributed by atoms with Gasteiger partial charge in [-0.25, -0.2) is 0 Å². The summed E-state index contributed by atoms with van der Waals surface area (Å²) in [4.78, 5) is 0. The van der Waals surface area contributed by atoms with Gasteiger partial charge in [-0.3, -0.25) is 0 Å². The fourth-order valence-corrected chi connectivity index (χ4v) is 2.35. The Labute approximate surface area is 87.7 Å². The van der Waals surface area contributed by atoms with Crippen molar-refractivity contribution in [2.75, 3.05) is 0 Å². The Morgan fingerprint density at radius 3 is 2.86 bits per heavy atom. The van der Waals surface area contributed by atoms with Crippen molar-refractivity contribution < 1.29 is 0 Å². The molecule has 0 saturated heterocycles. The van der Waals surface area contributed by atoms with Gasteiger partial charge in [-0.1, -0.05) is 26.7 Å². The summed E-state index contributed by atoms with van der Waals surface area (Å²) in [7, 11) is 0. The zero-order valence-electron chi connectivity index (χ0n) is 9.42. The van der Waals surface area contributed by atoms with Gasteiger partial charge in [0.25, 0.3) is 0 Å². The summed E-state index contributed by atoms with van der Waals surface area (Å²) in [6, 6.07) is 3.33. The molecule has 1 saturated carbocycles. The molecule has 2 nitrogen and oxygen atoms in total. The second kappa shape index (κ2) is 6.03. The molecule has 0 amide bonds. The van der Waals surface area contributed by atoms with Gasteiger partial charge in [-0.05, 0) is 25.2 Å². The lowest BCUT2D eigenvalue weighted by Gasteiger charge is -2.30. The van der Waals surface area contributed by atoms with Gasteiger partial charge in [0, 0.05) is 12.1 Å². The van der Waals surface area contributed by atoms with E-state index in [1.54, 1.807) is 0 Å². The molecule has 2 heteroatoms. The second-order valence-electron chi connectivity index (χ2n) is 4.60. The van der Waals surface area contributed by atoms with Gasteiger partial charge in [-0.15, -0.1) is 0 Å². The molecule has 1 aliphatic rings. The second-order valence-corrected chi connectivity index (χ2v) is 4.60. The van der Waals surface area contributed by atoms with Gasteiger partial charge < -0.3 is 5.32 Å². The highest BCUT2D eigenvalue weighted by molar-refractivity contribution is 4.84. The van der Waals surface area contributed by atoms with Gasteiger partial charge >= 0.3 is 0 Å². The average Bonchev–Trinajstić information content (AvgIpc) is 2.17. The first-order valence-corrected chi connectivity index (χ1v) is 5.89. The molecule has 0 aromatic carbocycles. The highest BCUT2D eigenvalue weighted by Crippen LogP contribution is 2.24. The van der Waals surface area contributed by atoms with Crippen molar-refractivity contribution in [3.63, 3.8) is 0 Å². The minimum Gasteiger partial charge on any atom is -0.310 e. The van der Waals surface area contributed by atoms with E-state index < -0.39 is 0 Å². The van der Waals surface area contributed by atoms with E-state index in [-0.39, 0.29) is 0 Å². The maximum atomic E-state index is 8.66. The van der Waals surface area contributed by atoms with E-state index in [2.05, 4.69) is 25.2 Å². The predicted octanol–water partition coefficient (Wildman–Crippen LogP) is 2.85. The number of nitrogens with zero attached hydrogens (tertiary/aromatic N) is 1. The Morgan fingerprint density at radius 2 is 2.29 bits per heavy atom. The van der Waals surface area contributed by atoms with Crippen LogP contribution in [-0.2, 0) is 0 Å². The Morgan fingerprint density at radius 1 is 1.50 bits per heavy atom. The van der Waals surface area contributed by atoms with E-state index in [0.717, 1.165) is 12.3 Å². The molecule has 0 aromatic rings. The number of nitriles is 1. The van der Waals surface area contributed by atoms with Crippen LogP contribution in [0.5, 0.6) is 0 Å². The van der Waals surface area contributed by atoms with E-state index in [4.69, 9.17) is 5.26 Å². The Balaban J connectivity index is 2.30. The summed E-state index contributed by atoms with van der Waals surface area (Å²) in [5, 5.41) is 12.3. The van der Waals surface area contributed by atoms with Crippen LogP contribution in [0.1, 0.15) is 52.4 Å². The number of rotatable bonds is 4.